The number of thioether (sulfide) groups is 1. The molecule has 0 aliphatic heterocycles. The number of ether oxygens (including phenoxy) is 1. The molecule has 0 atom stereocenters. The van der Waals surface area contributed by atoms with Gasteiger partial charge in [-0.1, -0.05) is 23.0 Å². The normalized spacial score (nSPS) is 11.0. The van der Waals surface area contributed by atoms with E-state index < -0.39 is 0 Å². The first-order chi connectivity index (χ1) is 11.3. The van der Waals surface area contributed by atoms with Crippen molar-refractivity contribution < 1.29 is 4.74 Å². The Labute approximate surface area is 139 Å². The van der Waals surface area contributed by atoms with Crippen molar-refractivity contribution in [3.05, 3.63) is 43.0 Å². The summed E-state index contributed by atoms with van der Waals surface area (Å²) in [7, 11) is 0. The van der Waals surface area contributed by atoms with Crippen LogP contribution in [0.4, 0.5) is 0 Å². The van der Waals surface area contributed by atoms with Crippen LogP contribution in [0.3, 0.4) is 0 Å². The molecule has 9 heteroatoms. The second-order valence-electron chi connectivity index (χ2n) is 4.46. The van der Waals surface area contributed by atoms with Crippen LogP contribution in [0.15, 0.2) is 47.3 Å². The molecular formula is C14H10N6OS2. The van der Waals surface area contributed by atoms with Crippen LogP contribution >= 0.6 is 23.1 Å². The summed E-state index contributed by atoms with van der Waals surface area (Å²) in [6, 6.07) is 7.56. The molecule has 4 aromatic rings. The second kappa shape index (κ2) is 5.94. The standard InChI is InChI=1S/C14H10N6OS2/c1-22-14-18-12-11(23-14)13(16-8-15-12)21-10-4-2-3-9(7-10)20-6-5-17-19-20/h2-8H,1H3. The molecule has 114 valence electrons. The summed E-state index contributed by atoms with van der Waals surface area (Å²) in [5, 5.41) is 7.78. The smallest absolute Gasteiger partial charge is 0.242 e. The minimum atomic E-state index is 0.503. The largest absolute Gasteiger partial charge is 0.437 e. The second-order valence-corrected chi connectivity index (χ2v) is 6.51. The van der Waals surface area contributed by atoms with Gasteiger partial charge in [-0.05, 0) is 18.4 Å². The first-order valence-corrected chi connectivity index (χ1v) is 8.68. The van der Waals surface area contributed by atoms with Gasteiger partial charge in [0, 0.05) is 6.07 Å². The maximum absolute atomic E-state index is 5.94. The van der Waals surface area contributed by atoms with Gasteiger partial charge in [0.05, 0.1) is 18.1 Å². The molecule has 3 heterocycles. The zero-order valence-electron chi connectivity index (χ0n) is 11.9. The quantitative estimate of drug-likeness (QED) is 0.527. The zero-order chi connectivity index (χ0) is 15.6. The first-order valence-electron chi connectivity index (χ1n) is 6.63. The van der Waals surface area contributed by atoms with Gasteiger partial charge in [0.25, 0.3) is 0 Å². The van der Waals surface area contributed by atoms with Crippen molar-refractivity contribution in [1.82, 2.24) is 29.9 Å². The highest BCUT2D eigenvalue weighted by atomic mass is 32.2. The van der Waals surface area contributed by atoms with Crippen molar-refractivity contribution in [1.29, 1.82) is 0 Å². The molecule has 0 saturated heterocycles. The molecule has 0 bridgehead atoms. The van der Waals surface area contributed by atoms with E-state index in [0.717, 1.165) is 14.7 Å². The Kier molecular flexibility index (Phi) is 3.64. The summed E-state index contributed by atoms with van der Waals surface area (Å²) in [6.07, 6.45) is 6.84. The lowest BCUT2D eigenvalue weighted by molar-refractivity contribution is 0.468. The predicted molar refractivity (Wildman–Crippen MR) is 88.4 cm³/mol. The molecule has 0 unspecified atom stereocenters. The van der Waals surface area contributed by atoms with E-state index in [1.165, 1.54) is 17.7 Å². The highest BCUT2D eigenvalue weighted by molar-refractivity contribution is 8.00. The predicted octanol–water partition coefficient (Wildman–Crippen LogP) is 3.18. The Hall–Kier alpha value is -2.52. The zero-order valence-corrected chi connectivity index (χ0v) is 13.6. The van der Waals surface area contributed by atoms with Crippen LogP contribution < -0.4 is 4.74 Å². The van der Waals surface area contributed by atoms with Crippen molar-refractivity contribution >= 4 is 33.4 Å². The Morgan fingerprint density at radius 2 is 2.22 bits per heavy atom. The van der Waals surface area contributed by atoms with E-state index in [4.69, 9.17) is 4.74 Å². The Morgan fingerprint density at radius 1 is 1.26 bits per heavy atom. The van der Waals surface area contributed by atoms with Crippen molar-refractivity contribution in [2.24, 2.45) is 0 Å². The maximum Gasteiger partial charge on any atom is 0.242 e. The van der Waals surface area contributed by atoms with E-state index in [1.54, 1.807) is 28.8 Å². The van der Waals surface area contributed by atoms with Gasteiger partial charge < -0.3 is 4.74 Å². The summed E-state index contributed by atoms with van der Waals surface area (Å²) in [5.74, 6) is 1.17. The van der Waals surface area contributed by atoms with Crippen LogP contribution in [0.25, 0.3) is 16.0 Å². The minimum Gasteiger partial charge on any atom is -0.437 e. The van der Waals surface area contributed by atoms with E-state index >= 15 is 0 Å². The molecule has 0 aliphatic carbocycles. The molecule has 1 aromatic carbocycles. The van der Waals surface area contributed by atoms with E-state index in [9.17, 15) is 0 Å². The first kappa shape index (κ1) is 14.1. The Morgan fingerprint density at radius 3 is 3.04 bits per heavy atom. The van der Waals surface area contributed by atoms with Crippen LogP contribution in [0.5, 0.6) is 11.6 Å². The molecule has 23 heavy (non-hydrogen) atoms. The summed E-state index contributed by atoms with van der Waals surface area (Å²) in [5.41, 5.74) is 1.51. The number of rotatable bonds is 4. The van der Waals surface area contributed by atoms with Crippen molar-refractivity contribution in [2.45, 2.75) is 4.34 Å². The fourth-order valence-corrected chi connectivity index (χ4v) is 3.46. The summed E-state index contributed by atoms with van der Waals surface area (Å²) < 4.78 is 9.37. The monoisotopic (exact) mass is 342 g/mol. The fourth-order valence-electron chi connectivity index (χ4n) is 2.02. The third-order valence-electron chi connectivity index (χ3n) is 3.03. The van der Waals surface area contributed by atoms with Gasteiger partial charge in [-0.15, -0.1) is 16.4 Å². The lowest BCUT2D eigenvalue weighted by Crippen LogP contribution is -1.96. The number of fused-ring (bicyclic) bond motifs is 1. The molecule has 0 N–H and O–H groups in total. The van der Waals surface area contributed by atoms with Gasteiger partial charge in [0.1, 0.15) is 16.8 Å². The molecule has 0 radical (unpaired) electrons. The molecule has 4 rings (SSSR count). The van der Waals surface area contributed by atoms with Crippen molar-refractivity contribution in [2.75, 3.05) is 6.26 Å². The van der Waals surface area contributed by atoms with Gasteiger partial charge in [0.15, 0.2) is 9.99 Å². The highest BCUT2D eigenvalue weighted by Gasteiger charge is 2.12. The average Bonchev–Trinajstić information content (AvgIpc) is 3.25. The van der Waals surface area contributed by atoms with Crippen LogP contribution in [-0.4, -0.2) is 36.2 Å². The third-order valence-corrected chi connectivity index (χ3v) is 5.05. The van der Waals surface area contributed by atoms with E-state index in [2.05, 4.69) is 25.3 Å². The highest BCUT2D eigenvalue weighted by Crippen LogP contribution is 2.34. The SMILES string of the molecule is CSc1nc2ncnc(Oc3cccc(-n4ccnn4)c3)c2s1. The number of benzene rings is 1. The van der Waals surface area contributed by atoms with E-state index in [-0.39, 0.29) is 0 Å². The molecule has 0 fully saturated rings. The number of nitrogens with zero attached hydrogens (tertiary/aromatic N) is 6. The molecular weight excluding hydrogens is 332 g/mol. The summed E-state index contributed by atoms with van der Waals surface area (Å²) in [4.78, 5) is 12.8. The average molecular weight is 342 g/mol. The molecule has 3 aromatic heterocycles. The van der Waals surface area contributed by atoms with Crippen LogP contribution in [0.2, 0.25) is 0 Å². The number of aromatic nitrogens is 6. The van der Waals surface area contributed by atoms with E-state index in [1.807, 2.05) is 30.5 Å². The van der Waals surface area contributed by atoms with Gasteiger partial charge >= 0.3 is 0 Å². The summed E-state index contributed by atoms with van der Waals surface area (Å²) in [6.45, 7) is 0. The lowest BCUT2D eigenvalue weighted by Gasteiger charge is -2.06. The fraction of sp³-hybridized carbons (Fsp3) is 0.0714. The minimum absolute atomic E-state index is 0.503. The van der Waals surface area contributed by atoms with E-state index in [0.29, 0.717) is 17.3 Å². The molecule has 0 saturated carbocycles. The van der Waals surface area contributed by atoms with Crippen LogP contribution in [0.1, 0.15) is 0 Å². The third kappa shape index (κ3) is 2.76. The number of thiazole rings is 1. The topological polar surface area (TPSA) is 78.6 Å². The Balaban J connectivity index is 1.71. The maximum atomic E-state index is 5.94. The van der Waals surface area contributed by atoms with Crippen molar-refractivity contribution in [3.63, 3.8) is 0 Å². The van der Waals surface area contributed by atoms with Crippen LogP contribution in [0, 0.1) is 0 Å². The lowest BCUT2D eigenvalue weighted by atomic mass is 10.3. The summed E-state index contributed by atoms with van der Waals surface area (Å²) >= 11 is 3.10. The van der Waals surface area contributed by atoms with Gasteiger partial charge in [-0.25, -0.2) is 19.6 Å². The van der Waals surface area contributed by atoms with Gasteiger partial charge in [-0.2, -0.15) is 0 Å². The number of hydrogen-bond donors (Lipinski definition) is 0. The molecule has 0 amide bonds. The van der Waals surface area contributed by atoms with Gasteiger partial charge in [-0.3, -0.25) is 0 Å². The Bertz CT molecular complexity index is 953. The van der Waals surface area contributed by atoms with Crippen LogP contribution in [-0.2, 0) is 0 Å². The molecule has 0 spiro atoms. The van der Waals surface area contributed by atoms with Crippen molar-refractivity contribution in [3.8, 4) is 17.3 Å². The molecule has 0 aliphatic rings. The number of hydrogen-bond acceptors (Lipinski definition) is 8. The van der Waals surface area contributed by atoms with Gasteiger partial charge in [0.2, 0.25) is 5.88 Å². The molecule has 7 nitrogen and oxygen atoms in total.